The fourth-order valence-electron chi connectivity index (χ4n) is 5.70. The molecule has 5 rings (SSSR count). The van der Waals surface area contributed by atoms with Gasteiger partial charge < -0.3 is 34.6 Å². The Kier molecular flexibility index (Phi) is 9.21. The van der Waals surface area contributed by atoms with E-state index in [0.717, 1.165) is 47.4 Å². The Labute approximate surface area is 254 Å². The topological polar surface area (TPSA) is 84.1 Å². The first-order valence-corrected chi connectivity index (χ1v) is 14.7. The van der Waals surface area contributed by atoms with E-state index in [1.807, 2.05) is 62.8 Å². The van der Waals surface area contributed by atoms with Gasteiger partial charge in [-0.25, -0.2) is 4.79 Å². The molecule has 43 heavy (non-hydrogen) atoms. The zero-order valence-corrected chi connectivity index (χ0v) is 25.8. The molecule has 1 saturated heterocycles. The summed E-state index contributed by atoms with van der Waals surface area (Å²) < 4.78 is 5.64. The van der Waals surface area contributed by atoms with Gasteiger partial charge in [-0.3, -0.25) is 4.79 Å². The summed E-state index contributed by atoms with van der Waals surface area (Å²) in [7, 11) is 7.36. The number of hydrogen-bond donors (Lipinski definition) is 2. The summed E-state index contributed by atoms with van der Waals surface area (Å²) >= 11 is 0. The van der Waals surface area contributed by atoms with Crippen molar-refractivity contribution in [2.45, 2.75) is 25.9 Å². The number of carbonyl (C=O) groups is 2. The van der Waals surface area contributed by atoms with Gasteiger partial charge in [0.25, 0.3) is 0 Å². The lowest BCUT2D eigenvalue weighted by Crippen LogP contribution is -2.56. The molecule has 1 aromatic heterocycles. The molecule has 2 N–H and O–H groups in total. The van der Waals surface area contributed by atoms with E-state index >= 15 is 0 Å². The second-order valence-corrected chi connectivity index (χ2v) is 11.5. The molecule has 0 spiro atoms. The Balaban J connectivity index is 1.36. The molecule has 4 aromatic rings. The predicted molar refractivity (Wildman–Crippen MR) is 173 cm³/mol. The number of amides is 3. The van der Waals surface area contributed by atoms with Gasteiger partial charge in [0.2, 0.25) is 5.91 Å². The first-order chi connectivity index (χ1) is 20.7. The molecule has 1 aliphatic rings. The molecule has 0 bridgehead atoms. The molecule has 226 valence electrons. The van der Waals surface area contributed by atoms with E-state index in [9.17, 15) is 9.59 Å². The molecule has 0 saturated carbocycles. The van der Waals surface area contributed by atoms with Crippen LogP contribution in [0.1, 0.15) is 16.7 Å². The van der Waals surface area contributed by atoms with Crippen molar-refractivity contribution in [2.75, 3.05) is 64.2 Å². The number of aryl methyl sites for hydroxylation is 1. The number of H-pyrrole nitrogens is 1. The number of anilines is 2. The molecule has 9 heteroatoms. The third-order valence-corrected chi connectivity index (χ3v) is 8.09. The van der Waals surface area contributed by atoms with Crippen LogP contribution in [-0.2, 0) is 17.8 Å². The van der Waals surface area contributed by atoms with Gasteiger partial charge >= 0.3 is 6.03 Å². The number of likely N-dealkylation sites (N-methyl/N-ethyl adjacent to an activating group) is 1. The monoisotopic (exact) mass is 582 g/mol. The number of nitrogens with one attached hydrogen (secondary N) is 2. The lowest BCUT2D eigenvalue weighted by Gasteiger charge is -2.37. The van der Waals surface area contributed by atoms with Crippen molar-refractivity contribution in [3.05, 3.63) is 89.6 Å². The number of para-hydroxylation sites is 1. The molecular formula is C34H42N6O3. The Bertz CT molecular complexity index is 1560. The molecule has 3 amide bonds. The molecule has 1 fully saturated rings. The molecule has 9 nitrogen and oxygen atoms in total. The van der Waals surface area contributed by atoms with Gasteiger partial charge in [0.05, 0.1) is 12.8 Å². The highest BCUT2D eigenvalue weighted by Crippen LogP contribution is 2.30. The Morgan fingerprint density at radius 3 is 2.40 bits per heavy atom. The number of aromatic nitrogens is 1. The van der Waals surface area contributed by atoms with Crippen LogP contribution in [0.3, 0.4) is 0 Å². The van der Waals surface area contributed by atoms with E-state index in [1.165, 1.54) is 5.56 Å². The van der Waals surface area contributed by atoms with Crippen molar-refractivity contribution in [1.29, 1.82) is 0 Å². The first-order valence-electron chi connectivity index (χ1n) is 14.7. The molecule has 3 aromatic carbocycles. The van der Waals surface area contributed by atoms with Crippen LogP contribution in [0.15, 0.2) is 72.9 Å². The zero-order valence-electron chi connectivity index (χ0n) is 25.8. The van der Waals surface area contributed by atoms with Gasteiger partial charge in [-0.15, -0.1) is 0 Å². The largest absolute Gasteiger partial charge is 0.495 e. The molecular weight excluding hydrogens is 540 g/mol. The molecule has 1 atom stereocenters. The average Bonchev–Trinajstić information content (AvgIpc) is 3.42. The maximum absolute atomic E-state index is 14.2. The van der Waals surface area contributed by atoms with Gasteiger partial charge in [-0.05, 0) is 62.5 Å². The van der Waals surface area contributed by atoms with Crippen molar-refractivity contribution in [1.82, 2.24) is 20.1 Å². The van der Waals surface area contributed by atoms with Crippen molar-refractivity contribution >= 4 is 34.2 Å². The van der Waals surface area contributed by atoms with Gasteiger partial charge in [0.1, 0.15) is 11.8 Å². The highest BCUT2D eigenvalue weighted by molar-refractivity contribution is 6.00. The Hall–Kier alpha value is -4.50. The number of benzene rings is 3. The minimum Gasteiger partial charge on any atom is -0.495 e. The SMILES string of the molecule is COc1ccc(CN(C)C)cc1N(C)C(=O)C(Cc1c[nH]c2ccccc12)NC(=O)N1CCN(c2ccc(C)cc2)CC1. The van der Waals surface area contributed by atoms with E-state index in [1.54, 1.807) is 24.0 Å². The fraction of sp³-hybridized carbons (Fsp3) is 0.353. The second kappa shape index (κ2) is 13.2. The minimum atomic E-state index is -0.783. The third kappa shape index (κ3) is 6.94. The van der Waals surface area contributed by atoms with Crippen LogP contribution in [0.2, 0.25) is 0 Å². The molecule has 1 unspecified atom stereocenters. The number of aromatic amines is 1. The summed E-state index contributed by atoms with van der Waals surface area (Å²) in [5.41, 5.74) is 6.07. The van der Waals surface area contributed by atoms with E-state index < -0.39 is 6.04 Å². The van der Waals surface area contributed by atoms with Crippen LogP contribution in [0.5, 0.6) is 5.75 Å². The molecule has 1 aliphatic heterocycles. The third-order valence-electron chi connectivity index (χ3n) is 8.09. The zero-order chi connectivity index (χ0) is 30.5. The van der Waals surface area contributed by atoms with Crippen molar-refractivity contribution < 1.29 is 14.3 Å². The highest BCUT2D eigenvalue weighted by atomic mass is 16.5. The smallest absolute Gasteiger partial charge is 0.318 e. The lowest BCUT2D eigenvalue weighted by atomic mass is 10.0. The normalized spacial score (nSPS) is 14.2. The second-order valence-electron chi connectivity index (χ2n) is 11.5. The summed E-state index contributed by atoms with van der Waals surface area (Å²) in [5.74, 6) is 0.389. The summed E-state index contributed by atoms with van der Waals surface area (Å²) in [6.07, 6.45) is 2.28. The number of rotatable bonds is 9. The van der Waals surface area contributed by atoms with Crippen LogP contribution >= 0.6 is 0 Å². The number of hydrogen-bond acceptors (Lipinski definition) is 5. The number of methoxy groups -OCH3 is 1. The van der Waals surface area contributed by atoms with E-state index in [0.29, 0.717) is 30.9 Å². The summed E-state index contributed by atoms with van der Waals surface area (Å²) in [5, 5.41) is 4.14. The van der Waals surface area contributed by atoms with Crippen molar-refractivity contribution in [3.63, 3.8) is 0 Å². The highest BCUT2D eigenvalue weighted by Gasteiger charge is 2.30. The average molecular weight is 583 g/mol. The number of fused-ring (bicyclic) bond motifs is 1. The van der Waals surface area contributed by atoms with Crippen LogP contribution in [0, 0.1) is 6.92 Å². The van der Waals surface area contributed by atoms with Gasteiger partial charge in [0, 0.05) is 69.0 Å². The van der Waals surface area contributed by atoms with E-state index in [-0.39, 0.29) is 11.9 Å². The summed E-state index contributed by atoms with van der Waals surface area (Å²) in [6, 6.07) is 21.3. The maximum atomic E-state index is 14.2. The van der Waals surface area contributed by atoms with Crippen LogP contribution < -0.4 is 19.9 Å². The van der Waals surface area contributed by atoms with E-state index in [2.05, 4.69) is 51.3 Å². The number of ether oxygens (including phenoxy) is 1. The predicted octanol–water partition coefficient (Wildman–Crippen LogP) is 4.65. The quantitative estimate of drug-likeness (QED) is 0.300. The lowest BCUT2D eigenvalue weighted by molar-refractivity contribution is -0.120. The van der Waals surface area contributed by atoms with Crippen molar-refractivity contribution in [3.8, 4) is 5.75 Å². The minimum absolute atomic E-state index is 0.211. The van der Waals surface area contributed by atoms with Gasteiger partial charge in [0.15, 0.2) is 0 Å². The van der Waals surface area contributed by atoms with Gasteiger partial charge in [-0.1, -0.05) is 42.0 Å². The number of urea groups is 1. The van der Waals surface area contributed by atoms with Crippen LogP contribution in [-0.4, -0.2) is 87.2 Å². The van der Waals surface area contributed by atoms with Crippen LogP contribution in [0.4, 0.5) is 16.2 Å². The molecule has 2 heterocycles. The summed E-state index contributed by atoms with van der Waals surface area (Å²) in [6.45, 7) is 5.41. The number of nitrogens with zero attached hydrogens (tertiary/aromatic N) is 4. The van der Waals surface area contributed by atoms with Gasteiger partial charge in [-0.2, -0.15) is 0 Å². The fourth-order valence-corrected chi connectivity index (χ4v) is 5.70. The number of carbonyl (C=O) groups excluding carboxylic acids is 2. The summed E-state index contributed by atoms with van der Waals surface area (Å²) in [4.78, 5) is 38.9. The maximum Gasteiger partial charge on any atom is 0.318 e. The number of piperazine rings is 1. The molecule has 0 aliphatic carbocycles. The standard InChI is InChI=1S/C34H42N6O3/c1-24-10-13-27(14-11-24)39-16-18-40(19-17-39)34(42)36-30(21-26-22-35-29-9-7-6-8-28(26)29)33(41)38(4)31-20-25(23-37(2)3)12-15-32(31)43-5/h6-15,20,22,30,35H,16-19,21,23H2,1-5H3,(H,36,42). The van der Waals surface area contributed by atoms with Crippen LogP contribution in [0.25, 0.3) is 10.9 Å². The Morgan fingerprint density at radius 1 is 0.977 bits per heavy atom. The molecule has 0 radical (unpaired) electrons. The van der Waals surface area contributed by atoms with E-state index in [4.69, 9.17) is 4.74 Å². The van der Waals surface area contributed by atoms with Crippen molar-refractivity contribution in [2.24, 2.45) is 0 Å². The Morgan fingerprint density at radius 2 is 1.70 bits per heavy atom. The first kappa shape index (κ1) is 30.0.